The van der Waals surface area contributed by atoms with Crippen molar-refractivity contribution in [2.45, 2.75) is 19.6 Å². The summed E-state index contributed by atoms with van der Waals surface area (Å²) in [5, 5.41) is 9.18. The monoisotopic (exact) mass is 317 g/mol. The molecule has 5 nitrogen and oxygen atoms in total. The van der Waals surface area contributed by atoms with Gasteiger partial charge in [-0.15, -0.1) is 0 Å². The number of carboxylic acid groups (broad SMARTS) is 1. The molecule has 0 spiro atoms. The lowest BCUT2D eigenvalue weighted by atomic mass is 10.2. The summed E-state index contributed by atoms with van der Waals surface area (Å²) in [6, 6.07) is 12.8. The number of hydrogen-bond acceptors (Lipinski definition) is 3. The number of benzene rings is 2. The van der Waals surface area contributed by atoms with Crippen LogP contribution in [0.5, 0.6) is 0 Å². The third-order valence-electron chi connectivity index (χ3n) is 3.25. The zero-order valence-electron chi connectivity index (χ0n) is 12.5. The van der Waals surface area contributed by atoms with Gasteiger partial charge in [0.05, 0.1) is 0 Å². The molecule has 0 saturated carbocycles. The maximum atomic E-state index is 13.0. The Morgan fingerprint density at radius 3 is 2.30 bits per heavy atom. The lowest BCUT2D eigenvalue weighted by Gasteiger charge is -2.25. The summed E-state index contributed by atoms with van der Waals surface area (Å²) in [6.07, 6.45) is -0.810. The van der Waals surface area contributed by atoms with Crippen molar-refractivity contribution in [3.05, 3.63) is 66.0 Å². The van der Waals surface area contributed by atoms with E-state index in [2.05, 4.69) is 0 Å². The largest absolute Gasteiger partial charge is 0.480 e. The Hall–Kier alpha value is -2.89. The second-order valence-electron chi connectivity index (χ2n) is 4.90. The van der Waals surface area contributed by atoms with Crippen molar-refractivity contribution in [2.24, 2.45) is 0 Å². The maximum absolute atomic E-state index is 13.0. The van der Waals surface area contributed by atoms with Crippen LogP contribution in [0.3, 0.4) is 0 Å². The Balaban J connectivity index is 2.17. The van der Waals surface area contributed by atoms with Crippen LogP contribution < -0.4 is 4.90 Å². The molecule has 0 aliphatic carbocycles. The van der Waals surface area contributed by atoms with Gasteiger partial charge in [0, 0.05) is 5.69 Å². The third-order valence-corrected chi connectivity index (χ3v) is 3.25. The molecule has 0 aromatic heterocycles. The molecule has 0 aliphatic heterocycles. The second-order valence-corrected chi connectivity index (χ2v) is 4.90. The fourth-order valence-corrected chi connectivity index (χ4v) is 1.99. The molecular formula is C17H16FNO4. The molecule has 0 saturated heterocycles. The van der Waals surface area contributed by atoms with Crippen LogP contribution in [0.15, 0.2) is 54.6 Å². The minimum absolute atomic E-state index is 0.0176. The average molecular weight is 317 g/mol. The molecule has 2 aromatic rings. The molecule has 1 amide bonds. The van der Waals surface area contributed by atoms with Gasteiger partial charge in [-0.2, -0.15) is 0 Å². The molecule has 0 bridgehead atoms. The van der Waals surface area contributed by atoms with E-state index < -0.39 is 23.9 Å². The minimum Gasteiger partial charge on any atom is -0.480 e. The molecule has 0 aliphatic rings. The lowest BCUT2D eigenvalue weighted by molar-refractivity contribution is -0.138. The number of carbonyl (C=O) groups excluding carboxylic acids is 1. The van der Waals surface area contributed by atoms with Gasteiger partial charge in [-0.3, -0.25) is 4.90 Å². The maximum Gasteiger partial charge on any atom is 0.415 e. The van der Waals surface area contributed by atoms with E-state index in [1.54, 1.807) is 24.3 Å². The fourth-order valence-electron chi connectivity index (χ4n) is 1.99. The number of aliphatic carboxylic acids is 1. The van der Waals surface area contributed by atoms with Crippen LogP contribution in [-0.2, 0) is 16.1 Å². The number of carboxylic acids is 1. The van der Waals surface area contributed by atoms with E-state index in [-0.39, 0.29) is 12.3 Å². The Bertz CT molecular complexity index is 673. The van der Waals surface area contributed by atoms with E-state index in [1.807, 2.05) is 6.07 Å². The standard InChI is InChI=1S/C17H16FNO4/c1-12(16(20)21)19(15-9-7-14(18)8-10-15)17(22)23-11-13-5-3-2-4-6-13/h2-10,12H,11H2,1H3,(H,20,21)/t12-/m0/s1. The summed E-state index contributed by atoms with van der Waals surface area (Å²) in [5.74, 6) is -1.67. The van der Waals surface area contributed by atoms with Crippen molar-refractivity contribution in [1.29, 1.82) is 0 Å². The van der Waals surface area contributed by atoms with Gasteiger partial charge < -0.3 is 9.84 Å². The fraction of sp³-hybridized carbons (Fsp3) is 0.176. The normalized spacial score (nSPS) is 11.6. The van der Waals surface area contributed by atoms with E-state index in [4.69, 9.17) is 4.74 Å². The molecule has 0 radical (unpaired) electrons. The summed E-state index contributed by atoms with van der Waals surface area (Å²) in [7, 11) is 0. The zero-order chi connectivity index (χ0) is 16.8. The first-order valence-corrected chi connectivity index (χ1v) is 6.97. The van der Waals surface area contributed by atoms with Gasteiger partial charge in [0.1, 0.15) is 18.5 Å². The van der Waals surface area contributed by atoms with Crippen molar-refractivity contribution in [3.63, 3.8) is 0 Å². The minimum atomic E-state index is -1.19. The Morgan fingerprint density at radius 2 is 1.74 bits per heavy atom. The van der Waals surface area contributed by atoms with Crippen LogP contribution in [0.2, 0.25) is 0 Å². The van der Waals surface area contributed by atoms with Gasteiger partial charge in [-0.05, 0) is 36.8 Å². The Kier molecular flexibility index (Phi) is 5.30. The number of rotatable bonds is 5. The molecule has 0 fully saturated rings. The molecule has 120 valence electrons. The van der Waals surface area contributed by atoms with E-state index in [0.29, 0.717) is 0 Å². The number of nitrogens with zero attached hydrogens (tertiary/aromatic N) is 1. The van der Waals surface area contributed by atoms with Crippen molar-refractivity contribution in [2.75, 3.05) is 4.90 Å². The van der Waals surface area contributed by atoms with E-state index >= 15 is 0 Å². The lowest BCUT2D eigenvalue weighted by Crippen LogP contribution is -2.43. The molecule has 2 aromatic carbocycles. The first-order chi connectivity index (χ1) is 11.0. The summed E-state index contributed by atoms with van der Waals surface area (Å²) in [5.41, 5.74) is 1.03. The molecular weight excluding hydrogens is 301 g/mol. The van der Waals surface area contributed by atoms with Crippen LogP contribution in [0.4, 0.5) is 14.9 Å². The van der Waals surface area contributed by atoms with Crippen LogP contribution in [-0.4, -0.2) is 23.2 Å². The molecule has 2 rings (SSSR count). The number of anilines is 1. The van der Waals surface area contributed by atoms with E-state index in [9.17, 15) is 19.1 Å². The smallest absolute Gasteiger partial charge is 0.415 e. The van der Waals surface area contributed by atoms with Crippen LogP contribution in [0, 0.1) is 5.82 Å². The third kappa shape index (κ3) is 4.29. The molecule has 0 heterocycles. The summed E-state index contributed by atoms with van der Waals surface area (Å²) in [6.45, 7) is 1.37. The molecule has 0 unspecified atom stereocenters. The molecule has 6 heteroatoms. The van der Waals surface area contributed by atoms with Crippen LogP contribution in [0.1, 0.15) is 12.5 Å². The average Bonchev–Trinajstić information content (AvgIpc) is 2.55. The highest BCUT2D eigenvalue weighted by Gasteiger charge is 2.28. The number of hydrogen-bond donors (Lipinski definition) is 1. The van der Waals surface area contributed by atoms with Gasteiger partial charge in [-0.25, -0.2) is 14.0 Å². The molecule has 1 N–H and O–H groups in total. The summed E-state index contributed by atoms with van der Waals surface area (Å²) < 4.78 is 18.2. The second kappa shape index (κ2) is 7.40. The molecule has 23 heavy (non-hydrogen) atoms. The topological polar surface area (TPSA) is 66.8 Å². The number of carbonyl (C=O) groups is 2. The highest BCUT2D eigenvalue weighted by atomic mass is 19.1. The highest BCUT2D eigenvalue weighted by Crippen LogP contribution is 2.19. The zero-order valence-corrected chi connectivity index (χ0v) is 12.5. The van der Waals surface area contributed by atoms with Gasteiger partial charge in [0.25, 0.3) is 0 Å². The summed E-state index contributed by atoms with van der Waals surface area (Å²) >= 11 is 0. The number of halogens is 1. The predicted molar refractivity (Wildman–Crippen MR) is 82.6 cm³/mol. The van der Waals surface area contributed by atoms with Crippen LogP contribution in [0.25, 0.3) is 0 Å². The van der Waals surface area contributed by atoms with Gasteiger partial charge >= 0.3 is 12.1 Å². The first kappa shape index (κ1) is 16.5. The van der Waals surface area contributed by atoms with Gasteiger partial charge in [0.2, 0.25) is 0 Å². The van der Waals surface area contributed by atoms with E-state index in [0.717, 1.165) is 22.6 Å². The van der Waals surface area contributed by atoms with Crippen molar-refractivity contribution in [1.82, 2.24) is 0 Å². The summed E-state index contributed by atoms with van der Waals surface area (Å²) in [4.78, 5) is 24.5. The molecule has 1 atom stereocenters. The Labute approximate surface area is 132 Å². The Morgan fingerprint density at radius 1 is 1.13 bits per heavy atom. The van der Waals surface area contributed by atoms with E-state index in [1.165, 1.54) is 19.1 Å². The van der Waals surface area contributed by atoms with Crippen molar-refractivity contribution < 1.29 is 23.8 Å². The van der Waals surface area contributed by atoms with Gasteiger partial charge in [-0.1, -0.05) is 30.3 Å². The number of amides is 1. The van der Waals surface area contributed by atoms with Gasteiger partial charge in [0.15, 0.2) is 0 Å². The van der Waals surface area contributed by atoms with Crippen molar-refractivity contribution in [3.8, 4) is 0 Å². The van der Waals surface area contributed by atoms with Crippen LogP contribution >= 0.6 is 0 Å². The predicted octanol–water partition coefficient (Wildman–Crippen LogP) is 3.44. The quantitative estimate of drug-likeness (QED) is 0.917. The highest BCUT2D eigenvalue weighted by molar-refractivity contribution is 5.94. The SMILES string of the molecule is C[C@@H](C(=O)O)N(C(=O)OCc1ccccc1)c1ccc(F)cc1. The first-order valence-electron chi connectivity index (χ1n) is 6.97. The number of ether oxygens (including phenoxy) is 1. The van der Waals surface area contributed by atoms with Crippen molar-refractivity contribution >= 4 is 17.7 Å².